The normalized spacial score (nSPS) is 16.4. The van der Waals surface area contributed by atoms with E-state index in [1.807, 2.05) is 0 Å². The number of rotatable bonds is 7. The molecule has 1 aromatic carbocycles. The highest BCUT2D eigenvalue weighted by molar-refractivity contribution is 5.97. The number of urea groups is 1. The number of carbonyl (C=O) groups is 3. The molecule has 0 bridgehead atoms. The van der Waals surface area contributed by atoms with Gasteiger partial charge in [0.05, 0.1) is 7.11 Å². The number of carbonyl (C=O) groups excluding carboxylic acids is 3. The van der Waals surface area contributed by atoms with Crippen LogP contribution in [0.3, 0.4) is 0 Å². The van der Waals surface area contributed by atoms with Crippen LogP contribution >= 0.6 is 0 Å². The highest BCUT2D eigenvalue weighted by atomic mass is 16.6. The largest absolute Gasteiger partial charge is 0.497 e. The van der Waals surface area contributed by atoms with Gasteiger partial charge in [-0.15, -0.1) is 0 Å². The number of hydrogen-bond acceptors (Lipinski definition) is 6. The second kappa shape index (κ2) is 10.5. The van der Waals surface area contributed by atoms with Crippen molar-refractivity contribution in [2.24, 2.45) is 0 Å². The van der Waals surface area contributed by atoms with E-state index in [2.05, 4.69) is 10.6 Å². The molecule has 1 aliphatic carbocycles. The summed E-state index contributed by atoms with van der Waals surface area (Å²) in [5.74, 6) is -0.252. The topological polar surface area (TPSA) is 103 Å². The van der Waals surface area contributed by atoms with Crippen molar-refractivity contribution in [1.82, 2.24) is 10.6 Å². The Bertz CT molecular complexity index is 670. The lowest BCUT2D eigenvalue weighted by Gasteiger charge is -2.23. The van der Waals surface area contributed by atoms with Gasteiger partial charge in [0.1, 0.15) is 11.5 Å². The summed E-state index contributed by atoms with van der Waals surface area (Å²) in [4.78, 5) is 36.1. The van der Waals surface area contributed by atoms with Crippen molar-refractivity contribution in [3.63, 3.8) is 0 Å². The molecule has 0 radical (unpaired) electrons. The minimum absolute atomic E-state index is 0.0809. The lowest BCUT2D eigenvalue weighted by atomic mass is 9.96. The highest BCUT2D eigenvalue weighted by Crippen LogP contribution is 2.19. The maximum Gasteiger partial charge on any atom is 0.347 e. The SMILES string of the molecule is COc1ccc(OC(C)C(=O)OC(C)C(=O)NC(=O)NC2CCCCC2)cc1. The Kier molecular flexibility index (Phi) is 8.10. The van der Waals surface area contributed by atoms with Crippen molar-refractivity contribution in [2.75, 3.05) is 7.11 Å². The second-order valence-electron chi connectivity index (χ2n) is 6.81. The molecule has 2 atom stereocenters. The number of nitrogens with one attached hydrogen (secondary N) is 2. The standard InChI is InChI=1S/C20H28N2O6/c1-13(18(23)22-20(25)21-15-7-5-4-6-8-15)28-19(24)14(2)27-17-11-9-16(26-3)10-12-17/h9-15H,4-8H2,1-3H3,(H2,21,22,23,25). The molecule has 0 heterocycles. The number of ether oxygens (including phenoxy) is 3. The summed E-state index contributed by atoms with van der Waals surface area (Å²) in [5, 5.41) is 4.99. The Hall–Kier alpha value is -2.77. The average molecular weight is 392 g/mol. The quantitative estimate of drug-likeness (QED) is 0.692. The van der Waals surface area contributed by atoms with Crippen LogP contribution in [0.2, 0.25) is 0 Å². The van der Waals surface area contributed by atoms with Crippen LogP contribution in [0.25, 0.3) is 0 Å². The van der Waals surface area contributed by atoms with E-state index >= 15 is 0 Å². The molecule has 0 aromatic heterocycles. The summed E-state index contributed by atoms with van der Waals surface area (Å²) in [5.41, 5.74) is 0. The van der Waals surface area contributed by atoms with Crippen molar-refractivity contribution in [3.8, 4) is 11.5 Å². The predicted octanol–water partition coefficient (Wildman–Crippen LogP) is 2.55. The molecule has 1 fully saturated rings. The van der Waals surface area contributed by atoms with Crippen LogP contribution in [0.5, 0.6) is 11.5 Å². The van der Waals surface area contributed by atoms with Crippen LogP contribution in [-0.4, -0.2) is 43.3 Å². The molecule has 2 unspecified atom stereocenters. The highest BCUT2D eigenvalue weighted by Gasteiger charge is 2.25. The molecule has 3 amide bonds. The third kappa shape index (κ3) is 6.75. The van der Waals surface area contributed by atoms with Crippen LogP contribution in [-0.2, 0) is 14.3 Å². The zero-order chi connectivity index (χ0) is 20.5. The third-order valence-electron chi connectivity index (χ3n) is 4.54. The summed E-state index contributed by atoms with van der Waals surface area (Å²) >= 11 is 0. The Morgan fingerprint density at radius 3 is 2.18 bits per heavy atom. The molecule has 0 aliphatic heterocycles. The van der Waals surface area contributed by atoms with E-state index in [-0.39, 0.29) is 6.04 Å². The molecule has 154 valence electrons. The van der Waals surface area contributed by atoms with Gasteiger partial charge >= 0.3 is 12.0 Å². The molecular formula is C20H28N2O6. The van der Waals surface area contributed by atoms with Gasteiger partial charge in [-0.2, -0.15) is 0 Å². The summed E-state index contributed by atoms with van der Waals surface area (Å²) in [7, 11) is 1.55. The summed E-state index contributed by atoms with van der Waals surface area (Å²) < 4.78 is 15.7. The van der Waals surface area contributed by atoms with Crippen LogP contribution in [0.4, 0.5) is 4.79 Å². The van der Waals surface area contributed by atoms with Gasteiger partial charge in [0.2, 0.25) is 0 Å². The van der Waals surface area contributed by atoms with Gasteiger partial charge in [-0.3, -0.25) is 10.1 Å². The van der Waals surface area contributed by atoms with Crippen molar-refractivity contribution in [1.29, 1.82) is 0 Å². The molecule has 1 aliphatic rings. The fourth-order valence-electron chi connectivity index (χ4n) is 2.91. The molecule has 8 heteroatoms. The monoisotopic (exact) mass is 392 g/mol. The molecule has 2 rings (SSSR count). The number of imide groups is 1. The molecule has 1 saturated carbocycles. The lowest BCUT2D eigenvalue weighted by Crippen LogP contribution is -2.48. The van der Waals surface area contributed by atoms with Crippen LogP contribution in [0.1, 0.15) is 46.0 Å². The first-order chi connectivity index (χ1) is 13.4. The van der Waals surface area contributed by atoms with Gasteiger partial charge in [0.15, 0.2) is 12.2 Å². The van der Waals surface area contributed by atoms with E-state index in [1.54, 1.807) is 31.4 Å². The summed E-state index contributed by atoms with van der Waals surface area (Å²) in [6, 6.07) is 6.24. The zero-order valence-corrected chi connectivity index (χ0v) is 16.5. The molecular weight excluding hydrogens is 364 g/mol. The van der Waals surface area contributed by atoms with E-state index in [1.165, 1.54) is 20.3 Å². The van der Waals surface area contributed by atoms with E-state index in [9.17, 15) is 14.4 Å². The maximum atomic E-state index is 12.1. The van der Waals surface area contributed by atoms with Crippen molar-refractivity contribution >= 4 is 17.9 Å². The van der Waals surface area contributed by atoms with Crippen LogP contribution < -0.4 is 20.1 Å². The van der Waals surface area contributed by atoms with E-state index in [0.29, 0.717) is 11.5 Å². The third-order valence-corrected chi connectivity index (χ3v) is 4.54. The van der Waals surface area contributed by atoms with Gasteiger partial charge in [-0.1, -0.05) is 19.3 Å². The van der Waals surface area contributed by atoms with Gasteiger partial charge < -0.3 is 19.5 Å². The fourth-order valence-corrected chi connectivity index (χ4v) is 2.91. The van der Waals surface area contributed by atoms with E-state index < -0.39 is 30.1 Å². The van der Waals surface area contributed by atoms with E-state index in [4.69, 9.17) is 14.2 Å². The van der Waals surface area contributed by atoms with Crippen LogP contribution in [0.15, 0.2) is 24.3 Å². The van der Waals surface area contributed by atoms with Crippen LogP contribution in [0, 0.1) is 0 Å². The Labute approximate surface area is 164 Å². The first-order valence-corrected chi connectivity index (χ1v) is 9.51. The number of esters is 1. The molecule has 8 nitrogen and oxygen atoms in total. The van der Waals surface area contributed by atoms with Crippen molar-refractivity contribution in [3.05, 3.63) is 24.3 Å². The Morgan fingerprint density at radius 1 is 0.964 bits per heavy atom. The molecule has 1 aromatic rings. The minimum atomic E-state index is -1.12. The van der Waals surface area contributed by atoms with Gasteiger partial charge in [0, 0.05) is 6.04 Å². The zero-order valence-electron chi connectivity index (χ0n) is 16.5. The predicted molar refractivity (Wildman–Crippen MR) is 102 cm³/mol. The number of amides is 3. The lowest BCUT2D eigenvalue weighted by molar-refractivity contribution is -0.160. The van der Waals surface area contributed by atoms with Gasteiger partial charge in [-0.05, 0) is 51.0 Å². The Morgan fingerprint density at radius 2 is 1.57 bits per heavy atom. The summed E-state index contributed by atoms with van der Waals surface area (Å²) in [6.45, 7) is 2.92. The van der Waals surface area contributed by atoms with Crippen molar-refractivity contribution < 1.29 is 28.6 Å². The molecule has 0 saturated heterocycles. The van der Waals surface area contributed by atoms with Crippen molar-refractivity contribution in [2.45, 2.75) is 64.2 Å². The molecule has 2 N–H and O–H groups in total. The fraction of sp³-hybridized carbons (Fsp3) is 0.550. The second-order valence-corrected chi connectivity index (χ2v) is 6.81. The van der Waals surface area contributed by atoms with Gasteiger partial charge in [0.25, 0.3) is 5.91 Å². The average Bonchev–Trinajstić information content (AvgIpc) is 2.69. The Balaban J connectivity index is 1.76. The first kappa shape index (κ1) is 21.5. The molecule has 0 spiro atoms. The number of hydrogen-bond donors (Lipinski definition) is 2. The first-order valence-electron chi connectivity index (χ1n) is 9.51. The minimum Gasteiger partial charge on any atom is -0.497 e. The van der Waals surface area contributed by atoms with E-state index in [0.717, 1.165) is 25.7 Å². The summed E-state index contributed by atoms with van der Waals surface area (Å²) in [6.07, 6.45) is 3.09. The number of benzene rings is 1. The maximum absolute atomic E-state index is 12.1. The van der Waals surface area contributed by atoms with Gasteiger partial charge in [-0.25, -0.2) is 9.59 Å². The molecule has 28 heavy (non-hydrogen) atoms. The number of methoxy groups -OCH3 is 1. The smallest absolute Gasteiger partial charge is 0.347 e.